The number of aromatic amines is 1. The lowest BCUT2D eigenvalue weighted by molar-refractivity contribution is -0.121. The number of benzene rings is 2. The van der Waals surface area contributed by atoms with Gasteiger partial charge in [-0.1, -0.05) is 12.1 Å². The number of fused-ring (bicyclic) bond motifs is 2. The number of hydrogen-bond acceptors (Lipinski definition) is 5. The second-order valence-corrected chi connectivity index (χ2v) is 5.92. The van der Waals surface area contributed by atoms with Crippen molar-refractivity contribution in [1.82, 2.24) is 15.3 Å². The van der Waals surface area contributed by atoms with E-state index in [1.807, 2.05) is 24.3 Å². The molecule has 2 amide bonds. The third-order valence-corrected chi connectivity index (χ3v) is 4.27. The summed E-state index contributed by atoms with van der Waals surface area (Å²) in [5.41, 5.74) is 8.82. The molecule has 0 saturated heterocycles. The molecule has 1 aliphatic rings. The second kappa shape index (κ2) is 6.40. The van der Waals surface area contributed by atoms with Crippen LogP contribution in [0.15, 0.2) is 42.7 Å². The van der Waals surface area contributed by atoms with E-state index in [0.29, 0.717) is 41.3 Å². The average Bonchev–Trinajstić information content (AvgIpc) is 3.10. The monoisotopic (exact) mass is 351 g/mol. The van der Waals surface area contributed by atoms with Gasteiger partial charge in [-0.05, 0) is 24.3 Å². The number of imidazole rings is 1. The number of amides is 2. The van der Waals surface area contributed by atoms with Gasteiger partial charge in [0, 0.05) is 18.8 Å². The molecule has 4 rings (SSSR count). The van der Waals surface area contributed by atoms with Crippen LogP contribution in [-0.2, 0) is 4.79 Å². The Labute approximate surface area is 149 Å². The van der Waals surface area contributed by atoms with E-state index in [9.17, 15) is 9.59 Å². The van der Waals surface area contributed by atoms with Crippen LogP contribution < -0.4 is 20.7 Å². The van der Waals surface area contributed by atoms with Crippen LogP contribution in [0.4, 0.5) is 11.4 Å². The number of nitrogens with zero attached hydrogens (tertiary/aromatic N) is 2. The Kier molecular flexibility index (Phi) is 3.92. The lowest BCUT2D eigenvalue weighted by atomic mass is 10.1. The Morgan fingerprint density at radius 2 is 2.19 bits per heavy atom. The first-order chi connectivity index (χ1) is 12.6. The van der Waals surface area contributed by atoms with Crippen LogP contribution in [-0.4, -0.2) is 41.5 Å². The Morgan fingerprint density at radius 3 is 3.08 bits per heavy atom. The summed E-state index contributed by atoms with van der Waals surface area (Å²) >= 11 is 0. The Balaban J connectivity index is 1.45. The Bertz CT molecular complexity index is 997. The molecular formula is C18H17N5O3. The van der Waals surface area contributed by atoms with Crippen molar-refractivity contribution in [3.05, 3.63) is 48.3 Å². The SMILES string of the molecule is Nc1cc2nc[nH]c2cc1C(=O)NCCN1C(=O)COc2ccccc21. The van der Waals surface area contributed by atoms with Crippen LogP contribution >= 0.6 is 0 Å². The first kappa shape index (κ1) is 15.9. The number of ether oxygens (including phenoxy) is 1. The van der Waals surface area contributed by atoms with Gasteiger partial charge in [-0.3, -0.25) is 9.59 Å². The number of aromatic nitrogens is 2. The summed E-state index contributed by atoms with van der Waals surface area (Å²) < 4.78 is 5.41. The molecule has 1 aliphatic heterocycles. The maximum absolute atomic E-state index is 12.4. The summed E-state index contributed by atoms with van der Waals surface area (Å²) in [6.45, 7) is 0.630. The third kappa shape index (κ3) is 2.81. The van der Waals surface area contributed by atoms with Crippen molar-refractivity contribution in [2.24, 2.45) is 0 Å². The molecule has 0 aliphatic carbocycles. The van der Waals surface area contributed by atoms with Gasteiger partial charge in [0.2, 0.25) is 0 Å². The Morgan fingerprint density at radius 1 is 1.35 bits per heavy atom. The average molecular weight is 351 g/mol. The minimum atomic E-state index is -0.298. The molecule has 1 aromatic heterocycles. The van der Waals surface area contributed by atoms with Crippen LogP contribution in [0, 0.1) is 0 Å². The van der Waals surface area contributed by atoms with Gasteiger partial charge in [0.25, 0.3) is 11.8 Å². The molecule has 2 heterocycles. The minimum Gasteiger partial charge on any atom is -0.482 e. The van der Waals surface area contributed by atoms with E-state index < -0.39 is 0 Å². The van der Waals surface area contributed by atoms with Crippen molar-refractivity contribution in [2.75, 3.05) is 30.3 Å². The van der Waals surface area contributed by atoms with Gasteiger partial charge in [-0.2, -0.15) is 0 Å². The molecule has 3 aromatic rings. The van der Waals surface area contributed by atoms with Crippen LogP contribution in [0.2, 0.25) is 0 Å². The van der Waals surface area contributed by atoms with E-state index in [2.05, 4.69) is 15.3 Å². The molecule has 0 atom stereocenters. The van der Waals surface area contributed by atoms with E-state index >= 15 is 0 Å². The van der Waals surface area contributed by atoms with Gasteiger partial charge < -0.3 is 25.7 Å². The normalized spacial score (nSPS) is 13.4. The summed E-state index contributed by atoms with van der Waals surface area (Å²) in [6, 6.07) is 10.6. The smallest absolute Gasteiger partial charge is 0.265 e. The minimum absolute atomic E-state index is 0.00556. The molecule has 0 fully saturated rings. The second-order valence-electron chi connectivity index (χ2n) is 5.92. The predicted octanol–water partition coefficient (Wildman–Crippen LogP) is 1.30. The maximum atomic E-state index is 12.4. The highest BCUT2D eigenvalue weighted by Crippen LogP contribution is 2.31. The van der Waals surface area contributed by atoms with E-state index in [4.69, 9.17) is 10.5 Å². The lowest BCUT2D eigenvalue weighted by Gasteiger charge is -2.29. The third-order valence-electron chi connectivity index (χ3n) is 4.27. The zero-order valence-corrected chi connectivity index (χ0v) is 13.9. The Hall–Kier alpha value is -3.55. The number of H-pyrrole nitrogens is 1. The number of nitrogens with one attached hydrogen (secondary N) is 2. The number of carbonyl (C=O) groups excluding carboxylic acids is 2. The fraction of sp³-hybridized carbons (Fsp3) is 0.167. The number of anilines is 2. The van der Waals surface area contributed by atoms with Gasteiger partial charge in [0.1, 0.15) is 5.75 Å². The first-order valence-corrected chi connectivity index (χ1v) is 8.16. The quantitative estimate of drug-likeness (QED) is 0.613. The highest BCUT2D eigenvalue weighted by molar-refractivity contribution is 6.03. The zero-order chi connectivity index (χ0) is 18.1. The van der Waals surface area contributed by atoms with Crippen molar-refractivity contribution in [2.45, 2.75) is 0 Å². The molecule has 8 nitrogen and oxygen atoms in total. The van der Waals surface area contributed by atoms with Gasteiger partial charge in [-0.25, -0.2) is 4.98 Å². The van der Waals surface area contributed by atoms with Crippen LogP contribution in [0.3, 0.4) is 0 Å². The highest BCUT2D eigenvalue weighted by Gasteiger charge is 2.24. The van der Waals surface area contributed by atoms with E-state index in [0.717, 1.165) is 5.52 Å². The number of hydrogen-bond donors (Lipinski definition) is 3. The van der Waals surface area contributed by atoms with Gasteiger partial charge in [0.15, 0.2) is 6.61 Å². The first-order valence-electron chi connectivity index (χ1n) is 8.16. The zero-order valence-electron chi connectivity index (χ0n) is 13.9. The van der Waals surface area contributed by atoms with Crippen LogP contribution in [0.25, 0.3) is 11.0 Å². The van der Waals surface area contributed by atoms with Crippen molar-refractivity contribution >= 4 is 34.2 Å². The molecule has 132 valence electrons. The van der Waals surface area contributed by atoms with Crippen molar-refractivity contribution in [3.8, 4) is 5.75 Å². The van der Waals surface area contributed by atoms with E-state index in [-0.39, 0.29) is 18.4 Å². The molecule has 4 N–H and O–H groups in total. The lowest BCUT2D eigenvalue weighted by Crippen LogP contribution is -2.43. The number of rotatable bonds is 4. The number of nitrogens with two attached hydrogens (primary N) is 1. The highest BCUT2D eigenvalue weighted by atomic mass is 16.5. The fourth-order valence-corrected chi connectivity index (χ4v) is 2.97. The largest absolute Gasteiger partial charge is 0.482 e. The summed E-state index contributed by atoms with van der Waals surface area (Å²) in [5.74, 6) is 0.219. The van der Waals surface area contributed by atoms with E-state index in [1.54, 1.807) is 23.4 Å². The topological polar surface area (TPSA) is 113 Å². The molecule has 0 bridgehead atoms. The molecular weight excluding hydrogens is 334 g/mol. The molecule has 0 radical (unpaired) electrons. The molecule has 8 heteroatoms. The molecule has 0 spiro atoms. The summed E-state index contributed by atoms with van der Waals surface area (Å²) in [5, 5.41) is 2.81. The maximum Gasteiger partial charge on any atom is 0.265 e. The molecule has 0 unspecified atom stereocenters. The van der Waals surface area contributed by atoms with Gasteiger partial charge in [0.05, 0.1) is 28.6 Å². The van der Waals surface area contributed by atoms with Crippen molar-refractivity contribution < 1.29 is 14.3 Å². The van der Waals surface area contributed by atoms with Crippen molar-refractivity contribution in [3.63, 3.8) is 0 Å². The van der Waals surface area contributed by atoms with Crippen LogP contribution in [0.5, 0.6) is 5.75 Å². The number of nitrogen functional groups attached to an aromatic ring is 1. The van der Waals surface area contributed by atoms with Gasteiger partial charge >= 0.3 is 0 Å². The summed E-state index contributed by atoms with van der Waals surface area (Å²) in [4.78, 5) is 33.3. The number of para-hydroxylation sites is 2. The predicted molar refractivity (Wildman–Crippen MR) is 97.1 cm³/mol. The standard InChI is InChI=1S/C18H17N5O3/c19-12-8-14-13(21-10-22-14)7-11(12)18(25)20-5-6-23-15-3-1-2-4-16(15)26-9-17(23)24/h1-4,7-8,10H,5-6,9,19H2,(H,20,25)(H,21,22). The van der Waals surface area contributed by atoms with Gasteiger partial charge in [-0.15, -0.1) is 0 Å². The van der Waals surface area contributed by atoms with E-state index in [1.165, 1.54) is 0 Å². The fourth-order valence-electron chi connectivity index (χ4n) is 2.97. The summed E-state index contributed by atoms with van der Waals surface area (Å²) in [7, 11) is 0. The van der Waals surface area contributed by atoms with Crippen molar-refractivity contribution in [1.29, 1.82) is 0 Å². The summed E-state index contributed by atoms with van der Waals surface area (Å²) in [6.07, 6.45) is 1.55. The molecule has 2 aromatic carbocycles. The molecule has 26 heavy (non-hydrogen) atoms. The number of carbonyl (C=O) groups is 2. The van der Waals surface area contributed by atoms with Crippen LogP contribution in [0.1, 0.15) is 10.4 Å². The molecule has 0 saturated carbocycles.